The molecule has 0 saturated heterocycles. The van der Waals surface area contributed by atoms with E-state index in [1.807, 2.05) is 26.0 Å². The van der Waals surface area contributed by atoms with Gasteiger partial charge in [0.25, 0.3) is 0 Å². The van der Waals surface area contributed by atoms with Crippen LogP contribution in [-0.4, -0.2) is 10.8 Å². The summed E-state index contributed by atoms with van der Waals surface area (Å²) in [6.07, 6.45) is 6.17. The zero-order valence-corrected chi connectivity index (χ0v) is 11.3. The van der Waals surface area contributed by atoms with Gasteiger partial charge in [0.1, 0.15) is 0 Å². The van der Waals surface area contributed by atoms with Crippen molar-refractivity contribution in [2.24, 2.45) is 17.8 Å². The Bertz CT molecular complexity index is 480. The van der Waals surface area contributed by atoms with Crippen LogP contribution in [0.3, 0.4) is 0 Å². The molecule has 2 aliphatic carbocycles. The number of carbonyl (C=O) groups excluding carboxylic acids is 1. The normalized spacial score (nSPS) is 29.8. The van der Waals surface area contributed by atoms with E-state index in [4.69, 9.17) is 0 Å². The van der Waals surface area contributed by atoms with Crippen LogP contribution in [0.4, 0.5) is 0 Å². The first-order chi connectivity index (χ1) is 8.63. The fraction of sp³-hybridized carbons (Fsp3) is 0.625. The summed E-state index contributed by atoms with van der Waals surface area (Å²) in [6, 6.07) is 3.90. The number of aryl methyl sites for hydroxylation is 2. The molecule has 0 amide bonds. The molecule has 3 atom stereocenters. The summed E-state index contributed by atoms with van der Waals surface area (Å²) >= 11 is 0. The number of ketones is 1. The van der Waals surface area contributed by atoms with Crippen molar-refractivity contribution < 1.29 is 4.79 Å². The van der Waals surface area contributed by atoms with Crippen molar-refractivity contribution in [2.75, 3.05) is 0 Å². The molecule has 1 aromatic heterocycles. The minimum Gasteiger partial charge on any atom is -0.294 e. The van der Waals surface area contributed by atoms with Crippen molar-refractivity contribution in [1.29, 1.82) is 0 Å². The molecule has 18 heavy (non-hydrogen) atoms. The van der Waals surface area contributed by atoms with Crippen molar-refractivity contribution in [3.05, 3.63) is 29.1 Å². The molecule has 2 fully saturated rings. The number of hydrogen-bond donors (Lipinski definition) is 0. The summed E-state index contributed by atoms with van der Waals surface area (Å²) in [6.45, 7) is 3.91. The topological polar surface area (TPSA) is 30.0 Å². The van der Waals surface area contributed by atoms with Gasteiger partial charge in [0, 0.05) is 23.4 Å². The molecular formula is C16H21NO. The van der Waals surface area contributed by atoms with Gasteiger partial charge >= 0.3 is 0 Å². The largest absolute Gasteiger partial charge is 0.294 e. The second kappa shape index (κ2) is 4.49. The number of fused-ring (bicyclic) bond motifs is 2. The van der Waals surface area contributed by atoms with Gasteiger partial charge in [-0.3, -0.25) is 9.78 Å². The summed E-state index contributed by atoms with van der Waals surface area (Å²) in [4.78, 5) is 16.8. The molecule has 0 aliphatic heterocycles. The molecule has 3 rings (SSSR count). The van der Waals surface area contributed by atoms with Gasteiger partial charge in [0.15, 0.2) is 5.78 Å². The van der Waals surface area contributed by atoms with Gasteiger partial charge in [-0.2, -0.15) is 0 Å². The van der Waals surface area contributed by atoms with E-state index >= 15 is 0 Å². The molecule has 2 aliphatic rings. The van der Waals surface area contributed by atoms with Crippen LogP contribution in [0.1, 0.15) is 53.8 Å². The maximum atomic E-state index is 12.4. The highest BCUT2D eigenvalue weighted by Gasteiger charge is 2.40. The number of Topliss-reactive ketones (excluding diaryl/α,β-unsaturated/α-hetero) is 1. The van der Waals surface area contributed by atoms with Crippen LogP contribution in [0.5, 0.6) is 0 Å². The van der Waals surface area contributed by atoms with Gasteiger partial charge in [0.05, 0.1) is 0 Å². The zero-order chi connectivity index (χ0) is 12.7. The van der Waals surface area contributed by atoms with Crippen molar-refractivity contribution in [3.63, 3.8) is 0 Å². The van der Waals surface area contributed by atoms with Gasteiger partial charge in [0.2, 0.25) is 0 Å². The third kappa shape index (κ3) is 2.09. The zero-order valence-electron chi connectivity index (χ0n) is 11.3. The molecule has 96 valence electrons. The Balaban J connectivity index is 1.71. The Morgan fingerprint density at radius 2 is 2.11 bits per heavy atom. The maximum Gasteiger partial charge on any atom is 0.164 e. The first-order valence-corrected chi connectivity index (χ1v) is 7.11. The lowest BCUT2D eigenvalue weighted by Crippen LogP contribution is -2.16. The minimum atomic E-state index is 0.303. The van der Waals surface area contributed by atoms with Gasteiger partial charge in [-0.1, -0.05) is 6.42 Å². The summed E-state index contributed by atoms with van der Waals surface area (Å²) < 4.78 is 0. The minimum absolute atomic E-state index is 0.303. The van der Waals surface area contributed by atoms with Crippen LogP contribution in [0.15, 0.2) is 12.1 Å². The maximum absolute atomic E-state index is 12.4. The first-order valence-electron chi connectivity index (χ1n) is 7.11. The lowest BCUT2D eigenvalue weighted by Gasteiger charge is -2.21. The highest BCUT2D eigenvalue weighted by Crippen LogP contribution is 2.49. The summed E-state index contributed by atoms with van der Waals surface area (Å²) in [5, 5.41) is 0. The second-order valence-corrected chi connectivity index (χ2v) is 6.15. The number of pyridine rings is 1. The molecule has 0 N–H and O–H groups in total. The third-order valence-electron chi connectivity index (χ3n) is 4.86. The monoisotopic (exact) mass is 243 g/mol. The van der Waals surface area contributed by atoms with Crippen LogP contribution in [0, 0.1) is 31.6 Å². The van der Waals surface area contributed by atoms with Crippen LogP contribution >= 0.6 is 0 Å². The predicted molar refractivity (Wildman–Crippen MR) is 71.6 cm³/mol. The molecule has 2 nitrogen and oxygen atoms in total. The molecule has 1 heterocycles. The number of aromatic nitrogens is 1. The molecule has 2 saturated carbocycles. The number of hydrogen-bond acceptors (Lipinski definition) is 2. The van der Waals surface area contributed by atoms with Crippen LogP contribution < -0.4 is 0 Å². The smallest absolute Gasteiger partial charge is 0.164 e. The van der Waals surface area contributed by atoms with E-state index in [0.29, 0.717) is 11.7 Å². The van der Waals surface area contributed by atoms with Crippen LogP contribution in [0.25, 0.3) is 0 Å². The van der Waals surface area contributed by atoms with Gasteiger partial charge in [-0.25, -0.2) is 0 Å². The third-order valence-corrected chi connectivity index (χ3v) is 4.86. The quantitative estimate of drug-likeness (QED) is 0.757. The Kier molecular flexibility index (Phi) is 2.96. The van der Waals surface area contributed by atoms with E-state index < -0.39 is 0 Å². The Labute approximate surface area is 109 Å². The van der Waals surface area contributed by atoms with Crippen LogP contribution in [-0.2, 0) is 0 Å². The number of nitrogens with zero attached hydrogens (tertiary/aromatic N) is 1. The fourth-order valence-corrected chi connectivity index (χ4v) is 3.96. The summed E-state index contributed by atoms with van der Waals surface area (Å²) in [5.41, 5.74) is 2.72. The predicted octanol–water partition coefficient (Wildman–Crippen LogP) is 3.71. The molecular weight excluding hydrogens is 222 g/mol. The molecule has 3 unspecified atom stereocenters. The highest BCUT2D eigenvalue weighted by molar-refractivity contribution is 5.97. The summed E-state index contributed by atoms with van der Waals surface area (Å²) in [7, 11) is 0. The standard InChI is InChI=1S/C16H21NO/c1-10-3-6-15(11(2)17-10)16(18)9-14-8-12-4-5-13(14)7-12/h3,6,12-14H,4-5,7-9H2,1-2H3. The molecule has 0 aromatic carbocycles. The average molecular weight is 243 g/mol. The first kappa shape index (κ1) is 11.9. The molecule has 0 spiro atoms. The van der Waals surface area contributed by atoms with E-state index in [1.165, 1.54) is 25.7 Å². The van der Waals surface area contributed by atoms with E-state index in [0.717, 1.165) is 35.2 Å². The van der Waals surface area contributed by atoms with E-state index in [-0.39, 0.29) is 0 Å². The van der Waals surface area contributed by atoms with Crippen molar-refractivity contribution >= 4 is 5.78 Å². The van der Waals surface area contributed by atoms with Crippen molar-refractivity contribution in [3.8, 4) is 0 Å². The van der Waals surface area contributed by atoms with Gasteiger partial charge < -0.3 is 0 Å². The SMILES string of the molecule is Cc1ccc(C(=O)CC2CC3CCC2C3)c(C)n1. The van der Waals surface area contributed by atoms with Crippen molar-refractivity contribution in [1.82, 2.24) is 4.98 Å². The average Bonchev–Trinajstić information content (AvgIpc) is 2.90. The summed E-state index contributed by atoms with van der Waals surface area (Å²) in [5.74, 6) is 2.71. The molecule has 2 bridgehead atoms. The Morgan fingerprint density at radius 3 is 2.72 bits per heavy atom. The van der Waals surface area contributed by atoms with Crippen molar-refractivity contribution in [2.45, 2.75) is 46.0 Å². The Hall–Kier alpha value is -1.18. The van der Waals surface area contributed by atoms with Gasteiger partial charge in [-0.05, 0) is 63.0 Å². The highest BCUT2D eigenvalue weighted by atomic mass is 16.1. The molecule has 2 heteroatoms. The van der Waals surface area contributed by atoms with Gasteiger partial charge in [-0.15, -0.1) is 0 Å². The van der Waals surface area contributed by atoms with Crippen LogP contribution in [0.2, 0.25) is 0 Å². The Morgan fingerprint density at radius 1 is 1.28 bits per heavy atom. The van der Waals surface area contributed by atoms with E-state index in [9.17, 15) is 4.79 Å². The molecule has 1 aromatic rings. The van der Waals surface area contributed by atoms with E-state index in [2.05, 4.69) is 4.98 Å². The lowest BCUT2D eigenvalue weighted by atomic mass is 9.84. The number of carbonyl (C=O) groups is 1. The second-order valence-electron chi connectivity index (χ2n) is 6.15. The molecule has 0 radical (unpaired) electrons. The lowest BCUT2D eigenvalue weighted by molar-refractivity contribution is 0.0943. The fourth-order valence-electron chi connectivity index (χ4n) is 3.96. The number of rotatable bonds is 3. The van der Waals surface area contributed by atoms with E-state index in [1.54, 1.807) is 0 Å².